The highest BCUT2D eigenvalue weighted by Gasteiger charge is 2.10. The molecule has 1 aromatic rings. The van der Waals surface area contributed by atoms with Crippen LogP contribution in [0, 0.1) is 0 Å². The van der Waals surface area contributed by atoms with Gasteiger partial charge in [0.05, 0.1) is 12.3 Å². The van der Waals surface area contributed by atoms with Gasteiger partial charge >= 0.3 is 0 Å². The van der Waals surface area contributed by atoms with Crippen molar-refractivity contribution in [1.29, 1.82) is 0 Å². The van der Waals surface area contributed by atoms with Crippen LogP contribution >= 0.6 is 11.8 Å². The van der Waals surface area contributed by atoms with Crippen LogP contribution in [0.25, 0.3) is 0 Å². The van der Waals surface area contributed by atoms with E-state index in [1.807, 2.05) is 38.1 Å². The molecule has 0 radical (unpaired) electrons. The number of carbonyl (C=O) groups is 2. The second-order valence-corrected chi connectivity index (χ2v) is 5.19. The maximum Gasteiger partial charge on any atom is 0.241 e. The lowest BCUT2D eigenvalue weighted by Crippen LogP contribution is -2.35. The number of para-hydroxylation sites is 1. The van der Waals surface area contributed by atoms with Gasteiger partial charge in [-0.05, 0) is 26.0 Å². The van der Waals surface area contributed by atoms with Gasteiger partial charge in [0, 0.05) is 23.7 Å². The van der Waals surface area contributed by atoms with Gasteiger partial charge in [-0.1, -0.05) is 12.1 Å². The summed E-state index contributed by atoms with van der Waals surface area (Å²) >= 11 is 1.36. The number of nitrogens with zero attached hydrogens (tertiary/aromatic N) is 1. The molecule has 2 amide bonds. The number of hydrogen-bond donors (Lipinski definition) is 2. The molecule has 0 aliphatic heterocycles. The molecule has 0 saturated heterocycles. The molecule has 6 heteroatoms. The van der Waals surface area contributed by atoms with Crippen LogP contribution in [0.15, 0.2) is 29.2 Å². The molecule has 0 heterocycles. The Morgan fingerprint density at radius 1 is 1.25 bits per heavy atom. The molecule has 20 heavy (non-hydrogen) atoms. The summed E-state index contributed by atoms with van der Waals surface area (Å²) in [5.41, 5.74) is 5.99. The Morgan fingerprint density at radius 3 is 2.50 bits per heavy atom. The number of nitrogens with one attached hydrogen (secondary N) is 1. The molecule has 1 aromatic carbocycles. The van der Waals surface area contributed by atoms with E-state index in [1.165, 1.54) is 11.8 Å². The summed E-state index contributed by atoms with van der Waals surface area (Å²) in [5, 5.41) is 3.12. The van der Waals surface area contributed by atoms with Crippen molar-refractivity contribution in [2.45, 2.75) is 18.7 Å². The van der Waals surface area contributed by atoms with Gasteiger partial charge in [0.2, 0.25) is 11.8 Å². The second kappa shape index (κ2) is 8.47. The van der Waals surface area contributed by atoms with E-state index < -0.39 is 0 Å². The first-order valence-corrected chi connectivity index (χ1v) is 7.58. The van der Waals surface area contributed by atoms with E-state index in [2.05, 4.69) is 5.32 Å². The summed E-state index contributed by atoms with van der Waals surface area (Å²) in [5.74, 6) is -0.0726. The van der Waals surface area contributed by atoms with Gasteiger partial charge in [-0.2, -0.15) is 0 Å². The van der Waals surface area contributed by atoms with Crippen molar-refractivity contribution in [1.82, 2.24) is 4.90 Å². The first kappa shape index (κ1) is 16.4. The Hall–Kier alpha value is -1.69. The summed E-state index contributed by atoms with van der Waals surface area (Å²) in [7, 11) is 0. The van der Waals surface area contributed by atoms with Crippen molar-refractivity contribution in [2.75, 3.05) is 30.7 Å². The molecule has 110 valence electrons. The van der Waals surface area contributed by atoms with E-state index in [4.69, 9.17) is 5.73 Å². The molecule has 0 spiro atoms. The number of hydrogen-bond acceptors (Lipinski definition) is 4. The predicted octanol–water partition coefficient (Wildman–Crippen LogP) is 1.54. The van der Waals surface area contributed by atoms with Crippen LogP contribution in [-0.2, 0) is 9.59 Å². The fourth-order valence-electron chi connectivity index (χ4n) is 1.75. The van der Waals surface area contributed by atoms with Crippen molar-refractivity contribution in [2.24, 2.45) is 5.73 Å². The Bertz CT molecular complexity index is 461. The van der Waals surface area contributed by atoms with Crippen LogP contribution in [-0.4, -0.2) is 42.1 Å². The van der Waals surface area contributed by atoms with Crippen molar-refractivity contribution >= 4 is 29.3 Å². The van der Waals surface area contributed by atoms with E-state index in [0.29, 0.717) is 13.1 Å². The third-order valence-electron chi connectivity index (χ3n) is 2.80. The first-order valence-electron chi connectivity index (χ1n) is 6.60. The van der Waals surface area contributed by atoms with Crippen LogP contribution in [0.4, 0.5) is 5.69 Å². The zero-order valence-electron chi connectivity index (χ0n) is 11.9. The Morgan fingerprint density at radius 2 is 1.90 bits per heavy atom. The van der Waals surface area contributed by atoms with Gasteiger partial charge in [-0.25, -0.2) is 0 Å². The standard InChI is InChI=1S/C14H21N3O2S/c1-3-17(4-2)14(19)9-16-11-7-5-6-8-12(11)20-10-13(15)18/h5-8,16H,3-4,9-10H2,1-2H3,(H2,15,18). The number of likely N-dealkylation sites (N-methyl/N-ethyl adjacent to an activating group) is 1. The van der Waals surface area contributed by atoms with E-state index in [-0.39, 0.29) is 24.1 Å². The molecule has 5 nitrogen and oxygen atoms in total. The number of nitrogens with two attached hydrogens (primary N) is 1. The minimum Gasteiger partial charge on any atom is -0.375 e. The topological polar surface area (TPSA) is 75.4 Å². The number of benzene rings is 1. The predicted molar refractivity (Wildman–Crippen MR) is 82.8 cm³/mol. The maximum absolute atomic E-state index is 11.9. The summed E-state index contributed by atoms with van der Waals surface area (Å²) in [6, 6.07) is 7.57. The number of primary amides is 1. The highest BCUT2D eigenvalue weighted by Crippen LogP contribution is 2.26. The summed E-state index contributed by atoms with van der Waals surface area (Å²) < 4.78 is 0. The zero-order valence-corrected chi connectivity index (χ0v) is 12.7. The van der Waals surface area contributed by atoms with Crippen molar-refractivity contribution in [3.8, 4) is 0 Å². The van der Waals surface area contributed by atoms with Crippen LogP contribution in [0.1, 0.15) is 13.8 Å². The lowest BCUT2D eigenvalue weighted by molar-refractivity contribution is -0.128. The molecule has 0 unspecified atom stereocenters. The molecule has 3 N–H and O–H groups in total. The van der Waals surface area contributed by atoms with Gasteiger partial charge in [-0.3, -0.25) is 9.59 Å². The van der Waals surface area contributed by atoms with E-state index in [0.717, 1.165) is 10.6 Å². The number of rotatable bonds is 8. The highest BCUT2D eigenvalue weighted by molar-refractivity contribution is 8.00. The quantitative estimate of drug-likeness (QED) is 0.713. The van der Waals surface area contributed by atoms with E-state index in [1.54, 1.807) is 4.90 Å². The van der Waals surface area contributed by atoms with Crippen molar-refractivity contribution < 1.29 is 9.59 Å². The molecule has 0 aromatic heterocycles. The molecule has 0 saturated carbocycles. The number of anilines is 1. The van der Waals surface area contributed by atoms with Gasteiger partial charge in [0.15, 0.2) is 0 Å². The van der Waals surface area contributed by atoms with Gasteiger partial charge in [0.25, 0.3) is 0 Å². The van der Waals surface area contributed by atoms with Crippen molar-refractivity contribution in [3.63, 3.8) is 0 Å². The van der Waals surface area contributed by atoms with Crippen LogP contribution in [0.3, 0.4) is 0 Å². The summed E-state index contributed by atoms with van der Waals surface area (Å²) in [6.07, 6.45) is 0. The molecule has 0 aliphatic carbocycles. The van der Waals surface area contributed by atoms with E-state index >= 15 is 0 Å². The second-order valence-electron chi connectivity index (χ2n) is 4.17. The molecule has 0 fully saturated rings. The average molecular weight is 295 g/mol. The van der Waals surface area contributed by atoms with Crippen molar-refractivity contribution in [3.05, 3.63) is 24.3 Å². The minimum atomic E-state index is -0.357. The third kappa shape index (κ3) is 5.13. The molecular weight excluding hydrogens is 274 g/mol. The Labute approximate surface area is 123 Å². The summed E-state index contributed by atoms with van der Waals surface area (Å²) in [6.45, 7) is 5.57. The fraction of sp³-hybridized carbons (Fsp3) is 0.429. The number of amides is 2. The lowest BCUT2D eigenvalue weighted by Gasteiger charge is -2.19. The number of thioether (sulfide) groups is 1. The molecule has 0 atom stereocenters. The molecule has 0 bridgehead atoms. The van der Waals surface area contributed by atoms with Gasteiger partial charge in [0.1, 0.15) is 0 Å². The maximum atomic E-state index is 11.9. The molecular formula is C14H21N3O2S. The minimum absolute atomic E-state index is 0.0599. The SMILES string of the molecule is CCN(CC)C(=O)CNc1ccccc1SCC(N)=O. The lowest BCUT2D eigenvalue weighted by atomic mass is 10.3. The Balaban J connectivity index is 2.63. The van der Waals surface area contributed by atoms with Crippen LogP contribution in [0.5, 0.6) is 0 Å². The highest BCUT2D eigenvalue weighted by atomic mass is 32.2. The van der Waals surface area contributed by atoms with Crippen LogP contribution in [0.2, 0.25) is 0 Å². The summed E-state index contributed by atoms with van der Waals surface area (Å²) in [4.78, 5) is 25.5. The van der Waals surface area contributed by atoms with Gasteiger partial charge in [-0.15, -0.1) is 11.8 Å². The molecule has 1 rings (SSSR count). The largest absolute Gasteiger partial charge is 0.375 e. The fourth-order valence-corrected chi connectivity index (χ4v) is 2.51. The van der Waals surface area contributed by atoms with Gasteiger partial charge < -0.3 is 16.0 Å². The van der Waals surface area contributed by atoms with Crippen LogP contribution < -0.4 is 11.1 Å². The zero-order chi connectivity index (χ0) is 15.0. The third-order valence-corrected chi connectivity index (χ3v) is 3.90. The average Bonchev–Trinajstić information content (AvgIpc) is 2.45. The van der Waals surface area contributed by atoms with E-state index in [9.17, 15) is 9.59 Å². The smallest absolute Gasteiger partial charge is 0.241 e. The Kier molecular flexibility index (Phi) is 6.93. The first-order chi connectivity index (χ1) is 9.58. The normalized spacial score (nSPS) is 10.1. The monoisotopic (exact) mass is 295 g/mol. The molecule has 0 aliphatic rings. The number of carbonyl (C=O) groups excluding carboxylic acids is 2.